The van der Waals surface area contributed by atoms with Gasteiger partial charge in [0.15, 0.2) is 0 Å². The van der Waals surface area contributed by atoms with Gasteiger partial charge in [0.1, 0.15) is 0 Å². The van der Waals surface area contributed by atoms with Gasteiger partial charge in [0.05, 0.1) is 6.04 Å². The number of benzene rings is 1. The van der Waals surface area contributed by atoms with Gasteiger partial charge in [-0.15, -0.1) is 5.73 Å². The highest BCUT2D eigenvalue weighted by Crippen LogP contribution is 2.31. The maximum Gasteiger partial charge on any atom is 0.244 e. The maximum absolute atomic E-state index is 12.9. The zero-order chi connectivity index (χ0) is 16.4. The molecule has 24 heavy (non-hydrogen) atoms. The van der Waals surface area contributed by atoms with E-state index in [4.69, 9.17) is 0 Å². The normalized spacial score (nSPS) is 26.9. The fourth-order valence-electron chi connectivity index (χ4n) is 3.95. The largest absolute Gasteiger partial charge is 0.311 e. The summed E-state index contributed by atoms with van der Waals surface area (Å²) in [4.78, 5) is 17.2. The van der Waals surface area contributed by atoms with E-state index in [1.165, 1.54) is 5.57 Å². The lowest BCUT2D eigenvalue weighted by Gasteiger charge is -2.23. The molecular formula is C21H22N2O. The van der Waals surface area contributed by atoms with E-state index in [9.17, 15) is 4.79 Å². The summed E-state index contributed by atoms with van der Waals surface area (Å²) < 4.78 is 0. The van der Waals surface area contributed by atoms with Crippen LogP contribution in [0, 0.1) is 5.92 Å². The Balaban J connectivity index is 1.44. The number of nitrogens with zero attached hydrogens (tertiary/aromatic N) is 2. The highest BCUT2D eigenvalue weighted by Gasteiger charge is 2.39. The van der Waals surface area contributed by atoms with Gasteiger partial charge in [-0.2, -0.15) is 0 Å². The Bertz CT molecular complexity index is 740. The molecule has 1 aromatic rings. The number of likely N-dealkylation sites (tertiary alicyclic amines) is 1. The van der Waals surface area contributed by atoms with E-state index in [0.717, 1.165) is 38.2 Å². The molecule has 1 aromatic carbocycles. The Labute approximate surface area is 143 Å². The molecule has 122 valence electrons. The molecule has 3 heteroatoms. The molecule has 1 amide bonds. The number of para-hydroxylation sites is 1. The first kappa shape index (κ1) is 15.2. The molecule has 1 aliphatic carbocycles. The second-order valence-electron chi connectivity index (χ2n) is 6.64. The van der Waals surface area contributed by atoms with Crippen molar-refractivity contribution >= 4 is 11.6 Å². The molecule has 2 saturated heterocycles. The van der Waals surface area contributed by atoms with Crippen LogP contribution in [0.5, 0.6) is 0 Å². The number of anilines is 1. The quantitative estimate of drug-likeness (QED) is 0.798. The Hall–Kier alpha value is -2.35. The van der Waals surface area contributed by atoms with Gasteiger partial charge in [-0.3, -0.25) is 9.69 Å². The van der Waals surface area contributed by atoms with Crippen LogP contribution in [0.15, 0.2) is 72.0 Å². The number of carbonyl (C=O) groups is 1. The molecule has 0 bridgehead atoms. The van der Waals surface area contributed by atoms with Gasteiger partial charge in [-0.1, -0.05) is 36.4 Å². The van der Waals surface area contributed by atoms with Crippen LogP contribution in [-0.2, 0) is 4.79 Å². The van der Waals surface area contributed by atoms with Crippen molar-refractivity contribution in [1.29, 1.82) is 0 Å². The average molecular weight is 318 g/mol. The predicted octanol–water partition coefficient (Wildman–Crippen LogP) is 3.32. The number of amides is 1. The van der Waals surface area contributed by atoms with Crippen molar-refractivity contribution in [2.45, 2.75) is 18.9 Å². The molecule has 3 aliphatic rings. The predicted molar refractivity (Wildman–Crippen MR) is 96.8 cm³/mol. The smallest absolute Gasteiger partial charge is 0.244 e. The van der Waals surface area contributed by atoms with Crippen LogP contribution in [-0.4, -0.2) is 36.5 Å². The monoisotopic (exact) mass is 318 g/mol. The molecule has 0 radical (unpaired) electrons. The first-order chi connectivity index (χ1) is 11.8. The number of hydrogen-bond donors (Lipinski definition) is 0. The van der Waals surface area contributed by atoms with Crippen molar-refractivity contribution in [2.75, 3.05) is 24.5 Å². The zero-order valence-corrected chi connectivity index (χ0v) is 13.8. The van der Waals surface area contributed by atoms with Crippen molar-refractivity contribution in [2.24, 2.45) is 5.92 Å². The standard InChI is InChI=1S/C21H22N2O/c24-21-20(13-15-23(21)19-10-6-3-7-11-19)22-14-12-18(16-22)17-8-4-1-2-5-9-17/h1,3-11,18,20H,12-16H2. The van der Waals surface area contributed by atoms with Crippen LogP contribution in [0.1, 0.15) is 12.8 Å². The van der Waals surface area contributed by atoms with Gasteiger partial charge in [0.25, 0.3) is 0 Å². The first-order valence-corrected chi connectivity index (χ1v) is 8.73. The molecule has 2 fully saturated rings. The molecule has 4 rings (SSSR count). The lowest BCUT2D eigenvalue weighted by Crippen LogP contribution is -2.40. The van der Waals surface area contributed by atoms with E-state index in [1.54, 1.807) is 0 Å². The fourth-order valence-corrected chi connectivity index (χ4v) is 3.95. The summed E-state index contributed by atoms with van der Waals surface area (Å²) in [7, 11) is 0. The topological polar surface area (TPSA) is 23.6 Å². The SMILES string of the molecule is O=C1C(N2CCC(C3=CC=C=CC=C3)C2)CCN1c1ccccc1. The molecule has 0 N–H and O–H groups in total. The number of carbonyl (C=O) groups excluding carboxylic acids is 1. The van der Waals surface area contributed by atoms with Gasteiger partial charge in [-0.25, -0.2) is 0 Å². The molecular weight excluding hydrogens is 296 g/mol. The maximum atomic E-state index is 12.9. The van der Waals surface area contributed by atoms with Crippen molar-refractivity contribution in [3.05, 3.63) is 72.0 Å². The summed E-state index contributed by atoms with van der Waals surface area (Å²) in [6, 6.07) is 10.1. The summed E-state index contributed by atoms with van der Waals surface area (Å²) in [6.45, 7) is 2.80. The van der Waals surface area contributed by atoms with Crippen molar-refractivity contribution in [3.63, 3.8) is 0 Å². The minimum Gasteiger partial charge on any atom is -0.311 e. The molecule has 3 nitrogen and oxygen atoms in total. The minimum absolute atomic E-state index is 0.0410. The van der Waals surface area contributed by atoms with E-state index in [-0.39, 0.29) is 11.9 Å². The van der Waals surface area contributed by atoms with E-state index >= 15 is 0 Å². The molecule has 2 heterocycles. The minimum atomic E-state index is 0.0410. The highest BCUT2D eigenvalue weighted by atomic mass is 16.2. The van der Waals surface area contributed by atoms with Crippen LogP contribution >= 0.6 is 0 Å². The molecule has 2 aliphatic heterocycles. The van der Waals surface area contributed by atoms with Crippen LogP contribution in [0.2, 0.25) is 0 Å². The molecule has 0 spiro atoms. The fraction of sp³-hybridized carbons (Fsp3) is 0.333. The Morgan fingerprint density at radius 2 is 1.92 bits per heavy atom. The zero-order valence-electron chi connectivity index (χ0n) is 13.8. The Morgan fingerprint density at radius 1 is 1.04 bits per heavy atom. The third-order valence-corrected chi connectivity index (χ3v) is 5.23. The molecule has 0 aromatic heterocycles. The Morgan fingerprint density at radius 3 is 2.79 bits per heavy atom. The second kappa shape index (κ2) is 6.64. The summed E-state index contributed by atoms with van der Waals surface area (Å²) in [5, 5.41) is 0. The van der Waals surface area contributed by atoms with Crippen LogP contribution in [0.3, 0.4) is 0 Å². The van der Waals surface area contributed by atoms with Gasteiger partial charge in [0, 0.05) is 18.8 Å². The number of allylic oxidation sites excluding steroid dienone is 4. The van der Waals surface area contributed by atoms with Crippen LogP contribution in [0.4, 0.5) is 5.69 Å². The van der Waals surface area contributed by atoms with E-state index in [0.29, 0.717) is 5.92 Å². The van der Waals surface area contributed by atoms with E-state index < -0.39 is 0 Å². The van der Waals surface area contributed by atoms with Crippen molar-refractivity contribution in [3.8, 4) is 0 Å². The highest BCUT2D eigenvalue weighted by molar-refractivity contribution is 5.99. The van der Waals surface area contributed by atoms with E-state index in [2.05, 4.69) is 28.9 Å². The summed E-state index contributed by atoms with van der Waals surface area (Å²) in [5.41, 5.74) is 5.48. The summed E-state index contributed by atoms with van der Waals surface area (Å²) in [6.07, 6.45) is 12.4. The molecule has 2 atom stereocenters. The van der Waals surface area contributed by atoms with Gasteiger partial charge >= 0.3 is 0 Å². The van der Waals surface area contributed by atoms with Gasteiger partial charge < -0.3 is 4.90 Å². The number of rotatable bonds is 3. The molecule has 0 saturated carbocycles. The van der Waals surface area contributed by atoms with E-state index in [1.807, 2.05) is 47.4 Å². The second-order valence-corrected chi connectivity index (χ2v) is 6.64. The Kier molecular flexibility index (Phi) is 4.20. The lowest BCUT2D eigenvalue weighted by molar-refractivity contribution is -0.121. The third kappa shape index (κ3) is 2.89. The summed E-state index contributed by atoms with van der Waals surface area (Å²) in [5.74, 6) is 0.776. The van der Waals surface area contributed by atoms with Crippen LogP contribution in [0.25, 0.3) is 0 Å². The van der Waals surface area contributed by atoms with Crippen molar-refractivity contribution < 1.29 is 4.79 Å². The van der Waals surface area contributed by atoms with Gasteiger partial charge in [0.2, 0.25) is 5.91 Å². The third-order valence-electron chi connectivity index (χ3n) is 5.23. The van der Waals surface area contributed by atoms with Crippen molar-refractivity contribution in [1.82, 2.24) is 4.90 Å². The van der Waals surface area contributed by atoms with Gasteiger partial charge in [-0.05, 0) is 55.2 Å². The average Bonchev–Trinajstić information content (AvgIpc) is 3.14. The number of hydrogen-bond acceptors (Lipinski definition) is 2. The lowest BCUT2D eigenvalue weighted by atomic mass is 9.97. The first-order valence-electron chi connectivity index (χ1n) is 8.73. The summed E-state index contributed by atoms with van der Waals surface area (Å²) >= 11 is 0. The molecule has 2 unspecified atom stereocenters. The van der Waals surface area contributed by atoms with Crippen LogP contribution < -0.4 is 4.90 Å².